The second kappa shape index (κ2) is 10.6. The molecule has 0 spiro atoms. The topological polar surface area (TPSA) is 43.8 Å². The molecule has 1 saturated heterocycles. The lowest BCUT2D eigenvalue weighted by Gasteiger charge is -2.36. The van der Waals surface area contributed by atoms with Crippen molar-refractivity contribution in [2.75, 3.05) is 33.2 Å². The molecule has 0 saturated carbocycles. The van der Waals surface area contributed by atoms with Crippen LogP contribution in [-0.2, 0) is 19.3 Å². The summed E-state index contributed by atoms with van der Waals surface area (Å²) >= 11 is 1.67. The number of hydrogen-bond acceptors (Lipinski definition) is 4. The summed E-state index contributed by atoms with van der Waals surface area (Å²) in [5.74, 6) is 0.849. The molecule has 1 aromatic carbocycles. The SMILES string of the molecule is CN=C(NCc1ncc(C)s1)N1CCN(Cc2ccc(C(F)(F)F)cc2)CC1.I. The van der Waals surface area contributed by atoms with E-state index >= 15 is 0 Å². The molecular formula is C19H25F3IN5S. The van der Waals surface area contributed by atoms with Crippen LogP contribution in [0.15, 0.2) is 35.5 Å². The predicted molar refractivity (Wildman–Crippen MR) is 121 cm³/mol. The Morgan fingerprint density at radius 2 is 1.83 bits per heavy atom. The van der Waals surface area contributed by atoms with Gasteiger partial charge in [0, 0.05) is 50.8 Å². The smallest absolute Gasteiger partial charge is 0.350 e. The van der Waals surface area contributed by atoms with Crippen molar-refractivity contribution in [2.45, 2.75) is 26.2 Å². The molecule has 10 heteroatoms. The van der Waals surface area contributed by atoms with Gasteiger partial charge in [-0.15, -0.1) is 35.3 Å². The first-order chi connectivity index (χ1) is 13.3. The van der Waals surface area contributed by atoms with Crippen molar-refractivity contribution >= 4 is 41.3 Å². The van der Waals surface area contributed by atoms with Gasteiger partial charge in [-0.1, -0.05) is 12.1 Å². The Hall–Kier alpha value is -1.40. The summed E-state index contributed by atoms with van der Waals surface area (Å²) in [5, 5.41) is 4.38. The van der Waals surface area contributed by atoms with Gasteiger partial charge in [-0.2, -0.15) is 13.2 Å². The molecule has 160 valence electrons. The highest BCUT2D eigenvalue weighted by Gasteiger charge is 2.30. The Morgan fingerprint density at radius 3 is 2.34 bits per heavy atom. The fourth-order valence-corrected chi connectivity index (χ4v) is 3.87. The zero-order valence-electron chi connectivity index (χ0n) is 16.4. The first-order valence-corrected chi connectivity index (χ1v) is 9.92. The third-order valence-corrected chi connectivity index (χ3v) is 5.55. The summed E-state index contributed by atoms with van der Waals surface area (Å²) < 4.78 is 38.0. The van der Waals surface area contributed by atoms with Crippen molar-refractivity contribution in [1.82, 2.24) is 20.1 Å². The number of alkyl halides is 3. The third kappa shape index (κ3) is 6.82. The highest BCUT2D eigenvalue weighted by molar-refractivity contribution is 14.0. The first kappa shape index (κ1) is 23.9. The number of guanidine groups is 1. The van der Waals surface area contributed by atoms with Gasteiger partial charge in [-0.05, 0) is 24.6 Å². The molecule has 0 atom stereocenters. The van der Waals surface area contributed by atoms with E-state index in [0.29, 0.717) is 13.1 Å². The van der Waals surface area contributed by atoms with Crippen LogP contribution >= 0.6 is 35.3 Å². The molecule has 0 radical (unpaired) electrons. The van der Waals surface area contributed by atoms with E-state index in [1.807, 2.05) is 13.1 Å². The maximum absolute atomic E-state index is 12.7. The van der Waals surface area contributed by atoms with E-state index in [4.69, 9.17) is 0 Å². The third-order valence-electron chi connectivity index (χ3n) is 4.64. The normalized spacial score (nSPS) is 15.9. The van der Waals surface area contributed by atoms with Gasteiger partial charge in [-0.25, -0.2) is 4.98 Å². The van der Waals surface area contributed by atoms with Crippen LogP contribution in [0.5, 0.6) is 0 Å². The fourth-order valence-electron chi connectivity index (χ4n) is 3.15. The minimum absolute atomic E-state index is 0. The van der Waals surface area contributed by atoms with Crippen LogP contribution in [0, 0.1) is 6.92 Å². The van der Waals surface area contributed by atoms with Crippen LogP contribution in [0.4, 0.5) is 13.2 Å². The summed E-state index contributed by atoms with van der Waals surface area (Å²) in [5.41, 5.74) is 0.287. The van der Waals surface area contributed by atoms with E-state index in [-0.39, 0.29) is 24.0 Å². The second-order valence-electron chi connectivity index (χ2n) is 6.72. The van der Waals surface area contributed by atoms with Crippen molar-refractivity contribution in [2.24, 2.45) is 4.99 Å². The quantitative estimate of drug-likeness (QED) is 0.363. The van der Waals surface area contributed by atoms with Crippen LogP contribution < -0.4 is 5.32 Å². The zero-order chi connectivity index (χ0) is 20.1. The monoisotopic (exact) mass is 539 g/mol. The fraction of sp³-hybridized carbons (Fsp3) is 0.474. The van der Waals surface area contributed by atoms with E-state index in [2.05, 4.69) is 25.1 Å². The average molecular weight is 539 g/mol. The van der Waals surface area contributed by atoms with Crippen molar-refractivity contribution in [3.8, 4) is 0 Å². The number of aliphatic imine (C=N–C) groups is 1. The average Bonchev–Trinajstić information content (AvgIpc) is 3.08. The molecule has 29 heavy (non-hydrogen) atoms. The van der Waals surface area contributed by atoms with Gasteiger partial charge in [0.05, 0.1) is 12.1 Å². The van der Waals surface area contributed by atoms with Gasteiger partial charge in [0.2, 0.25) is 0 Å². The lowest BCUT2D eigenvalue weighted by atomic mass is 10.1. The van der Waals surface area contributed by atoms with Crippen molar-refractivity contribution in [1.29, 1.82) is 0 Å². The summed E-state index contributed by atoms with van der Waals surface area (Å²) in [6.07, 6.45) is -2.42. The van der Waals surface area contributed by atoms with Gasteiger partial charge in [0.15, 0.2) is 5.96 Å². The summed E-state index contributed by atoms with van der Waals surface area (Å²) in [6, 6.07) is 5.42. The van der Waals surface area contributed by atoms with Crippen LogP contribution in [0.2, 0.25) is 0 Å². The number of nitrogens with one attached hydrogen (secondary N) is 1. The van der Waals surface area contributed by atoms with E-state index in [0.717, 1.165) is 54.8 Å². The van der Waals surface area contributed by atoms with Crippen LogP contribution in [0.25, 0.3) is 0 Å². The molecule has 1 N–H and O–H groups in total. The van der Waals surface area contributed by atoms with Crippen molar-refractivity contribution in [3.05, 3.63) is 51.5 Å². The molecule has 1 aliphatic heterocycles. The summed E-state index contributed by atoms with van der Waals surface area (Å²) in [7, 11) is 1.77. The molecule has 2 heterocycles. The Bertz CT molecular complexity index is 799. The maximum Gasteiger partial charge on any atom is 0.416 e. The lowest BCUT2D eigenvalue weighted by molar-refractivity contribution is -0.137. The van der Waals surface area contributed by atoms with Gasteiger partial charge in [0.1, 0.15) is 5.01 Å². The number of piperazine rings is 1. The van der Waals surface area contributed by atoms with Gasteiger partial charge >= 0.3 is 6.18 Å². The first-order valence-electron chi connectivity index (χ1n) is 9.10. The van der Waals surface area contributed by atoms with Crippen LogP contribution in [0.1, 0.15) is 21.0 Å². The van der Waals surface area contributed by atoms with E-state index in [9.17, 15) is 13.2 Å². The van der Waals surface area contributed by atoms with Gasteiger partial charge in [0.25, 0.3) is 0 Å². The Balaban J connectivity index is 0.00000300. The van der Waals surface area contributed by atoms with Crippen LogP contribution in [-0.4, -0.2) is 54.0 Å². The Kier molecular flexibility index (Phi) is 8.71. The molecular weight excluding hydrogens is 514 g/mol. The Labute approximate surface area is 190 Å². The molecule has 2 aromatic rings. The molecule has 0 aliphatic carbocycles. The standard InChI is InChI=1S/C19H24F3N5S.HI/c1-14-11-24-17(28-14)12-25-18(23-2)27-9-7-26(8-10-27)13-15-3-5-16(6-4-15)19(20,21)22;/h3-6,11H,7-10,12-13H2,1-2H3,(H,23,25);1H. The second-order valence-corrected chi connectivity index (χ2v) is 8.04. The van der Waals surface area contributed by atoms with Gasteiger partial charge in [-0.3, -0.25) is 9.89 Å². The molecule has 1 fully saturated rings. The lowest BCUT2D eigenvalue weighted by Crippen LogP contribution is -2.52. The number of rotatable bonds is 4. The van der Waals surface area contributed by atoms with Crippen molar-refractivity contribution < 1.29 is 13.2 Å². The zero-order valence-corrected chi connectivity index (χ0v) is 19.5. The highest BCUT2D eigenvalue weighted by atomic mass is 127. The van der Waals surface area contributed by atoms with E-state index in [1.165, 1.54) is 4.88 Å². The summed E-state index contributed by atoms with van der Waals surface area (Å²) in [4.78, 5) is 14.3. The van der Waals surface area contributed by atoms with E-state index in [1.54, 1.807) is 30.5 Å². The molecule has 5 nitrogen and oxygen atoms in total. The number of aryl methyl sites for hydroxylation is 1. The molecule has 1 aromatic heterocycles. The number of halogens is 4. The molecule has 1 aliphatic rings. The van der Waals surface area contributed by atoms with Crippen molar-refractivity contribution in [3.63, 3.8) is 0 Å². The Morgan fingerprint density at radius 1 is 1.17 bits per heavy atom. The molecule has 0 unspecified atom stereocenters. The minimum atomic E-state index is -4.29. The molecule has 3 rings (SSSR count). The number of nitrogens with zero attached hydrogens (tertiary/aromatic N) is 4. The number of benzene rings is 1. The van der Waals surface area contributed by atoms with E-state index < -0.39 is 11.7 Å². The highest BCUT2D eigenvalue weighted by Crippen LogP contribution is 2.29. The predicted octanol–water partition coefficient (Wildman–Crippen LogP) is 3.98. The largest absolute Gasteiger partial charge is 0.416 e. The molecule has 0 bridgehead atoms. The number of aromatic nitrogens is 1. The molecule has 0 amide bonds. The van der Waals surface area contributed by atoms with Gasteiger partial charge < -0.3 is 10.2 Å². The number of hydrogen-bond donors (Lipinski definition) is 1. The minimum Gasteiger partial charge on any atom is -0.350 e. The number of thiazole rings is 1. The van der Waals surface area contributed by atoms with Crippen LogP contribution in [0.3, 0.4) is 0 Å². The summed E-state index contributed by atoms with van der Waals surface area (Å²) in [6.45, 7) is 6.63. The maximum atomic E-state index is 12.7.